The van der Waals surface area contributed by atoms with Crippen LogP contribution in [-0.4, -0.2) is 11.1 Å². The minimum atomic E-state index is -0.331. The van der Waals surface area contributed by atoms with Gasteiger partial charge in [0.15, 0.2) is 11.5 Å². The highest BCUT2D eigenvalue weighted by molar-refractivity contribution is 5.96. The summed E-state index contributed by atoms with van der Waals surface area (Å²) in [7, 11) is 0. The minimum absolute atomic E-state index is 0.195. The van der Waals surface area contributed by atoms with Crippen LogP contribution in [-0.2, 0) is 6.54 Å². The Bertz CT molecular complexity index is 1000. The molecule has 1 amide bonds. The molecule has 1 N–H and O–H groups in total. The largest absolute Gasteiger partial charge is 0.451 e. The van der Waals surface area contributed by atoms with Crippen molar-refractivity contribution in [2.24, 2.45) is 0 Å². The normalized spacial score (nSPS) is 10.9. The fraction of sp³-hybridized carbons (Fsp3) is 0.0526. The fourth-order valence-electron chi connectivity index (χ4n) is 2.50. The van der Waals surface area contributed by atoms with Crippen molar-refractivity contribution < 1.29 is 18.1 Å². The van der Waals surface area contributed by atoms with Gasteiger partial charge >= 0.3 is 0 Å². The number of fused-ring (bicyclic) bond motifs is 1. The molecular formula is C19H13FN2O3. The quantitative estimate of drug-likeness (QED) is 0.608. The second kappa shape index (κ2) is 6.24. The van der Waals surface area contributed by atoms with Crippen molar-refractivity contribution in [3.05, 3.63) is 77.9 Å². The van der Waals surface area contributed by atoms with Gasteiger partial charge in [-0.25, -0.2) is 4.39 Å². The van der Waals surface area contributed by atoms with Crippen molar-refractivity contribution in [3.8, 4) is 11.3 Å². The van der Waals surface area contributed by atoms with Gasteiger partial charge in [-0.3, -0.25) is 4.79 Å². The highest BCUT2D eigenvalue weighted by atomic mass is 19.1. The summed E-state index contributed by atoms with van der Waals surface area (Å²) in [6, 6.07) is 16.7. The minimum Gasteiger partial charge on any atom is -0.451 e. The number of amides is 1. The van der Waals surface area contributed by atoms with Crippen LogP contribution in [0, 0.1) is 5.82 Å². The average molecular weight is 336 g/mol. The van der Waals surface area contributed by atoms with Crippen molar-refractivity contribution >= 4 is 16.9 Å². The van der Waals surface area contributed by atoms with Crippen LogP contribution in [0.25, 0.3) is 22.3 Å². The molecule has 6 heteroatoms. The van der Waals surface area contributed by atoms with Gasteiger partial charge in [-0.15, -0.1) is 0 Å². The number of carbonyl (C=O) groups is 1. The summed E-state index contributed by atoms with van der Waals surface area (Å²) in [6.07, 6.45) is 0. The van der Waals surface area contributed by atoms with Crippen LogP contribution in [0.5, 0.6) is 0 Å². The maximum absolute atomic E-state index is 13.0. The number of benzene rings is 2. The number of para-hydroxylation sites is 1. The van der Waals surface area contributed by atoms with Crippen molar-refractivity contribution in [1.29, 1.82) is 0 Å². The Morgan fingerprint density at radius 3 is 2.68 bits per heavy atom. The number of nitrogens with zero attached hydrogens (tertiary/aromatic N) is 1. The highest BCUT2D eigenvalue weighted by Gasteiger charge is 2.13. The molecule has 124 valence electrons. The Hall–Kier alpha value is -3.41. The summed E-state index contributed by atoms with van der Waals surface area (Å²) in [6.45, 7) is 0.195. The summed E-state index contributed by atoms with van der Waals surface area (Å²) < 4.78 is 23.7. The van der Waals surface area contributed by atoms with Crippen LogP contribution in [0.15, 0.2) is 69.6 Å². The van der Waals surface area contributed by atoms with E-state index in [0.29, 0.717) is 22.6 Å². The monoisotopic (exact) mass is 336 g/mol. The van der Waals surface area contributed by atoms with E-state index >= 15 is 0 Å². The molecule has 0 atom stereocenters. The number of furan rings is 1. The van der Waals surface area contributed by atoms with Gasteiger partial charge in [0.05, 0.1) is 6.54 Å². The first-order valence-electron chi connectivity index (χ1n) is 7.67. The fourth-order valence-corrected chi connectivity index (χ4v) is 2.50. The van der Waals surface area contributed by atoms with Crippen LogP contribution in [0.4, 0.5) is 4.39 Å². The first-order chi connectivity index (χ1) is 12.2. The molecule has 0 aliphatic rings. The number of hydrogen-bond donors (Lipinski definition) is 1. The number of nitrogens with one attached hydrogen (secondary N) is 1. The van der Waals surface area contributed by atoms with Crippen molar-refractivity contribution in [2.45, 2.75) is 6.54 Å². The third kappa shape index (κ3) is 3.14. The lowest BCUT2D eigenvalue weighted by Gasteiger charge is -1.98. The van der Waals surface area contributed by atoms with Gasteiger partial charge in [0, 0.05) is 17.0 Å². The lowest BCUT2D eigenvalue weighted by molar-refractivity contribution is 0.0924. The van der Waals surface area contributed by atoms with E-state index in [9.17, 15) is 9.18 Å². The first kappa shape index (κ1) is 15.1. The van der Waals surface area contributed by atoms with Gasteiger partial charge in [-0.1, -0.05) is 23.4 Å². The summed E-state index contributed by atoms with van der Waals surface area (Å²) in [4.78, 5) is 12.2. The van der Waals surface area contributed by atoms with Crippen LogP contribution in [0.3, 0.4) is 0 Å². The topological polar surface area (TPSA) is 68.3 Å². The molecule has 0 saturated heterocycles. The van der Waals surface area contributed by atoms with Gasteiger partial charge < -0.3 is 14.3 Å². The van der Waals surface area contributed by atoms with E-state index in [-0.39, 0.29) is 24.0 Å². The molecule has 0 radical (unpaired) electrons. The molecule has 0 bridgehead atoms. The van der Waals surface area contributed by atoms with E-state index < -0.39 is 0 Å². The van der Waals surface area contributed by atoms with Gasteiger partial charge in [0.1, 0.15) is 17.1 Å². The smallest absolute Gasteiger partial charge is 0.287 e. The number of carbonyl (C=O) groups excluding carboxylic acids is 1. The number of hydrogen-bond acceptors (Lipinski definition) is 4. The molecule has 2 aromatic heterocycles. The van der Waals surface area contributed by atoms with Crippen molar-refractivity contribution in [1.82, 2.24) is 10.5 Å². The maximum Gasteiger partial charge on any atom is 0.287 e. The Morgan fingerprint density at radius 1 is 1.08 bits per heavy atom. The summed E-state index contributed by atoms with van der Waals surface area (Å²) in [5.41, 5.74) is 1.93. The summed E-state index contributed by atoms with van der Waals surface area (Å²) in [5, 5.41) is 7.51. The molecule has 0 saturated carbocycles. The Balaban J connectivity index is 1.44. The zero-order chi connectivity index (χ0) is 17.2. The lowest BCUT2D eigenvalue weighted by atomic mass is 10.1. The summed E-state index contributed by atoms with van der Waals surface area (Å²) in [5.74, 6) is 0.0977. The predicted molar refractivity (Wildman–Crippen MR) is 89.3 cm³/mol. The standard InChI is InChI=1S/C19H13FN2O3/c20-14-7-5-12(6-8-14)17-10-15(22-25-17)11-21-19(23)18-9-13-3-1-2-4-16(13)24-18/h1-10H,11H2,(H,21,23). The Morgan fingerprint density at radius 2 is 1.88 bits per heavy atom. The second-order valence-electron chi connectivity index (χ2n) is 5.52. The molecular weight excluding hydrogens is 323 g/mol. The van der Waals surface area contributed by atoms with E-state index in [4.69, 9.17) is 8.94 Å². The van der Waals surface area contributed by atoms with Crippen molar-refractivity contribution in [2.75, 3.05) is 0 Å². The third-order valence-corrected chi connectivity index (χ3v) is 3.77. The van der Waals surface area contributed by atoms with E-state index in [1.807, 2.05) is 18.2 Å². The van der Waals surface area contributed by atoms with Crippen LogP contribution in [0.1, 0.15) is 16.2 Å². The molecule has 0 fully saturated rings. The van der Waals surface area contributed by atoms with Gasteiger partial charge in [0.2, 0.25) is 0 Å². The van der Waals surface area contributed by atoms with Crippen LogP contribution in [0.2, 0.25) is 0 Å². The Kier molecular flexibility index (Phi) is 3.78. The molecule has 0 aliphatic carbocycles. The van der Waals surface area contributed by atoms with E-state index in [1.54, 1.807) is 30.3 Å². The molecule has 25 heavy (non-hydrogen) atoms. The highest BCUT2D eigenvalue weighted by Crippen LogP contribution is 2.21. The van der Waals surface area contributed by atoms with E-state index in [0.717, 1.165) is 5.39 Å². The predicted octanol–water partition coefficient (Wildman–Crippen LogP) is 4.16. The molecule has 2 aromatic carbocycles. The molecule has 5 nitrogen and oxygen atoms in total. The average Bonchev–Trinajstić information content (AvgIpc) is 3.27. The summed E-state index contributed by atoms with van der Waals surface area (Å²) >= 11 is 0. The zero-order valence-electron chi connectivity index (χ0n) is 13.0. The number of rotatable bonds is 4. The zero-order valence-corrected chi connectivity index (χ0v) is 13.0. The first-order valence-corrected chi connectivity index (χ1v) is 7.67. The second-order valence-corrected chi connectivity index (χ2v) is 5.52. The molecule has 0 unspecified atom stereocenters. The van der Waals surface area contributed by atoms with E-state index in [1.165, 1.54) is 12.1 Å². The third-order valence-electron chi connectivity index (χ3n) is 3.77. The number of aromatic nitrogens is 1. The molecule has 0 aliphatic heterocycles. The number of halogens is 1. The maximum atomic E-state index is 13.0. The van der Waals surface area contributed by atoms with Crippen LogP contribution < -0.4 is 5.32 Å². The van der Waals surface area contributed by atoms with Crippen molar-refractivity contribution in [3.63, 3.8) is 0 Å². The SMILES string of the molecule is O=C(NCc1cc(-c2ccc(F)cc2)on1)c1cc2ccccc2o1. The van der Waals surface area contributed by atoms with E-state index in [2.05, 4.69) is 10.5 Å². The molecule has 2 heterocycles. The van der Waals surface area contributed by atoms with Gasteiger partial charge in [-0.2, -0.15) is 0 Å². The van der Waals surface area contributed by atoms with Crippen LogP contribution >= 0.6 is 0 Å². The van der Waals surface area contributed by atoms with Gasteiger partial charge in [0.25, 0.3) is 5.91 Å². The molecule has 4 rings (SSSR count). The Labute approximate surface area is 142 Å². The van der Waals surface area contributed by atoms with Gasteiger partial charge in [-0.05, 0) is 36.4 Å². The molecule has 4 aromatic rings. The molecule has 0 spiro atoms. The lowest BCUT2D eigenvalue weighted by Crippen LogP contribution is -2.22.